The first-order valence-corrected chi connectivity index (χ1v) is 7.96. The Morgan fingerprint density at radius 2 is 1.83 bits per heavy atom. The van der Waals surface area contributed by atoms with Gasteiger partial charge in [-0.25, -0.2) is 0 Å². The molecule has 0 fully saturated rings. The molecular weight excluding hydrogens is 294 g/mol. The summed E-state index contributed by atoms with van der Waals surface area (Å²) >= 11 is 0. The van der Waals surface area contributed by atoms with Crippen LogP contribution in [0.1, 0.15) is 18.2 Å². The molecular formula is C21H19N3. The lowest BCUT2D eigenvalue weighted by Crippen LogP contribution is -1.90. The lowest BCUT2D eigenvalue weighted by Gasteiger charge is -2.05. The minimum Gasteiger partial charge on any atom is -0.264 e. The molecule has 3 nitrogen and oxygen atoms in total. The molecule has 3 aromatic rings. The van der Waals surface area contributed by atoms with Crippen LogP contribution >= 0.6 is 0 Å². The number of aromatic nitrogens is 2. The van der Waals surface area contributed by atoms with Gasteiger partial charge in [-0.3, -0.25) is 15.0 Å². The average molecular weight is 313 g/mol. The predicted molar refractivity (Wildman–Crippen MR) is 99.8 cm³/mol. The Bertz CT molecular complexity index is 820. The van der Waals surface area contributed by atoms with Crippen LogP contribution in [0.4, 0.5) is 0 Å². The van der Waals surface area contributed by atoms with Crippen LogP contribution in [0.3, 0.4) is 0 Å². The second kappa shape index (κ2) is 7.97. The Morgan fingerprint density at radius 1 is 0.958 bits per heavy atom. The van der Waals surface area contributed by atoms with E-state index in [1.807, 2.05) is 49.7 Å². The monoisotopic (exact) mass is 313 g/mol. The van der Waals surface area contributed by atoms with E-state index in [0.717, 1.165) is 34.5 Å². The maximum Gasteiger partial charge on any atom is 0.0655 e. The number of allylic oxidation sites excluding steroid dienone is 1. The van der Waals surface area contributed by atoms with E-state index >= 15 is 0 Å². The van der Waals surface area contributed by atoms with Crippen LogP contribution < -0.4 is 0 Å². The molecule has 0 atom stereocenters. The molecule has 0 aliphatic rings. The molecule has 0 unspecified atom stereocenters. The van der Waals surface area contributed by atoms with E-state index in [2.05, 4.69) is 45.3 Å². The molecule has 2 aromatic heterocycles. The summed E-state index contributed by atoms with van der Waals surface area (Å²) in [7, 11) is 0. The van der Waals surface area contributed by atoms with Crippen molar-refractivity contribution in [2.45, 2.75) is 13.3 Å². The molecule has 0 radical (unpaired) electrons. The summed E-state index contributed by atoms with van der Waals surface area (Å²) in [5.74, 6) is 0. The lowest BCUT2D eigenvalue weighted by atomic mass is 10.0. The van der Waals surface area contributed by atoms with E-state index in [1.165, 1.54) is 0 Å². The zero-order valence-corrected chi connectivity index (χ0v) is 13.6. The fourth-order valence-electron chi connectivity index (χ4n) is 2.44. The third kappa shape index (κ3) is 4.02. The van der Waals surface area contributed by atoms with Gasteiger partial charge in [-0.1, -0.05) is 42.5 Å². The zero-order chi connectivity index (χ0) is 16.6. The summed E-state index contributed by atoms with van der Waals surface area (Å²) in [5, 5.41) is 0. The van der Waals surface area contributed by atoms with Gasteiger partial charge >= 0.3 is 0 Å². The largest absolute Gasteiger partial charge is 0.264 e. The quantitative estimate of drug-likeness (QED) is 0.633. The van der Waals surface area contributed by atoms with Gasteiger partial charge in [-0.2, -0.15) is 0 Å². The molecule has 0 bridgehead atoms. The van der Waals surface area contributed by atoms with Gasteiger partial charge in [0.1, 0.15) is 0 Å². The first-order valence-electron chi connectivity index (χ1n) is 7.96. The Hall–Kier alpha value is -3.07. The molecule has 0 spiro atoms. The number of aliphatic imine (C=N–C) groups is 1. The van der Waals surface area contributed by atoms with Crippen molar-refractivity contribution in [2.75, 3.05) is 0 Å². The maximum atomic E-state index is 4.59. The molecule has 0 aliphatic carbocycles. The summed E-state index contributed by atoms with van der Waals surface area (Å²) in [6, 6.07) is 18.3. The van der Waals surface area contributed by atoms with E-state index in [0.29, 0.717) is 0 Å². The smallest absolute Gasteiger partial charge is 0.0655 e. The molecule has 0 N–H and O–H groups in total. The minimum absolute atomic E-state index is 0.728. The van der Waals surface area contributed by atoms with Crippen molar-refractivity contribution in [2.24, 2.45) is 4.99 Å². The maximum absolute atomic E-state index is 4.59. The Balaban J connectivity index is 1.72. The number of hydrogen-bond donors (Lipinski definition) is 0. The van der Waals surface area contributed by atoms with Gasteiger partial charge in [0.05, 0.1) is 5.70 Å². The molecule has 0 saturated carbocycles. The third-order valence-corrected chi connectivity index (χ3v) is 3.71. The first kappa shape index (κ1) is 15.8. The fourth-order valence-corrected chi connectivity index (χ4v) is 2.44. The molecule has 3 heteroatoms. The van der Waals surface area contributed by atoms with Gasteiger partial charge < -0.3 is 0 Å². The van der Waals surface area contributed by atoms with Crippen molar-refractivity contribution in [3.05, 3.63) is 90.5 Å². The Labute approximate surface area is 142 Å². The molecule has 118 valence electrons. The van der Waals surface area contributed by atoms with Crippen LogP contribution in [0.2, 0.25) is 0 Å². The van der Waals surface area contributed by atoms with Crippen molar-refractivity contribution in [1.82, 2.24) is 9.97 Å². The Kier molecular flexibility index (Phi) is 5.25. The number of hydrogen-bond acceptors (Lipinski definition) is 3. The molecule has 3 rings (SSSR count). The molecule has 0 amide bonds. The highest BCUT2D eigenvalue weighted by Gasteiger charge is 2.01. The van der Waals surface area contributed by atoms with Crippen molar-refractivity contribution in [3.8, 4) is 11.1 Å². The lowest BCUT2D eigenvalue weighted by molar-refractivity contribution is 1.15. The molecule has 2 heterocycles. The van der Waals surface area contributed by atoms with Gasteiger partial charge in [0, 0.05) is 36.9 Å². The molecule has 1 aromatic carbocycles. The highest BCUT2D eigenvalue weighted by atomic mass is 14.7. The number of benzene rings is 1. The highest BCUT2D eigenvalue weighted by molar-refractivity contribution is 5.76. The summed E-state index contributed by atoms with van der Waals surface area (Å²) in [5.41, 5.74) is 5.35. The normalized spacial score (nSPS) is 11.8. The van der Waals surface area contributed by atoms with Crippen LogP contribution in [0.25, 0.3) is 16.8 Å². The standard InChI is InChI=1S/C21H19N3/c1-2-21(24-15-12-20-7-3-4-14-23-20)18-10-8-17(9-11-18)19-6-5-13-22-16-19/h2-11,13-16H,12H2,1H3/b21-2-,24-15-. The molecule has 0 aliphatic heterocycles. The first-order chi connectivity index (χ1) is 11.9. The van der Waals surface area contributed by atoms with Crippen LogP contribution in [-0.4, -0.2) is 16.2 Å². The van der Waals surface area contributed by atoms with Gasteiger partial charge in [0.2, 0.25) is 0 Å². The van der Waals surface area contributed by atoms with Gasteiger partial charge in [-0.05, 0) is 41.8 Å². The van der Waals surface area contributed by atoms with Crippen LogP contribution in [0, 0.1) is 0 Å². The second-order valence-electron chi connectivity index (χ2n) is 5.33. The summed E-state index contributed by atoms with van der Waals surface area (Å²) in [6.07, 6.45) is 10.1. The summed E-state index contributed by atoms with van der Waals surface area (Å²) in [6.45, 7) is 2.00. The van der Waals surface area contributed by atoms with E-state index in [4.69, 9.17) is 0 Å². The van der Waals surface area contributed by atoms with Gasteiger partial charge in [0.25, 0.3) is 0 Å². The average Bonchev–Trinajstić information content (AvgIpc) is 2.67. The fraction of sp³-hybridized carbons (Fsp3) is 0.0952. The number of nitrogens with zero attached hydrogens (tertiary/aromatic N) is 3. The van der Waals surface area contributed by atoms with Crippen molar-refractivity contribution >= 4 is 11.9 Å². The van der Waals surface area contributed by atoms with Gasteiger partial charge in [-0.15, -0.1) is 0 Å². The van der Waals surface area contributed by atoms with E-state index in [-0.39, 0.29) is 0 Å². The Morgan fingerprint density at radius 3 is 2.50 bits per heavy atom. The second-order valence-corrected chi connectivity index (χ2v) is 5.33. The number of pyridine rings is 2. The third-order valence-electron chi connectivity index (χ3n) is 3.71. The van der Waals surface area contributed by atoms with Crippen molar-refractivity contribution < 1.29 is 0 Å². The minimum atomic E-state index is 0.728. The van der Waals surface area contributed by atoms with E-state index in [1.54, 1.807) is 12.4 Å². The van der Waals surface area contributed by atoms with Crippen molar-refractivity contribution in [1.29, 1.82) is 0 Å². The van der Waals surface area contributed by atoms with Crippen LogP contribution in [0.5, 0.6) is 0 Å². The van der Waals surface area contributed by atoms with E-state index < -0.39 is 0 Å². The van der Waals surface area contributed by atoms with Crippen molar-refractivity contribution in [3.63, 3.8) is 0 Å². The summed E-state index contributed by atoms with van der Waals surface area (Å²) < 4.78 is 0. The number of rotatable bonds is 5. The van der Waals surface area contributed by atoms with Crippen LogP contribution in [-0.2, 0) is 6.42 Å². The zero-order valence-electron chi connectivity index (χ0n) is 13.6. The SMILES string of the molecule is C/C=C(\N=C/Cc1ccccn1)c1ccc(-c2cccnc2)cc1. The highest BCUT2D eigenvalue weighted by Crippen LogP contribution is 2.22. The molecule has 24 heavy (non-hydrogen) atoms. The molecule has 0 saturated heterocycles. The predicted octanol–water partition coefficient (Wildman–Crippen LogP) is 4.82. The van der Waals surface area contributed by atoms with Crippen LogP contribution in [0.15, 0.2) is 84.3 Å². The topological polar surface area (TPSA) is 38.1 Å². The summed E-state index contributed by atoms with van der Waals surface area (Å²) in [4.78, 5) is 13.1. The van der Waals surface area contributed by atoms with Gasteiger partial charge in [0.15, 0.2) is 0 Å². The van der Waals surface area contributed by atoms with E-state index in [9.17, 15) is 0 Å².